The van der Waals surface area contributed by atoms with Crippen LogP contribution in [0.4, 0.5) is 14.7 Å². The first-order valence-corrected chi connectivity index (χ1v) is 7.42. The van der Waals surface area contributed by atoms with Gasteiger partial charge in [0.05, 0.1) is 5.56 Å². The van der Waals surface area contributed by atoms with E-state index in [0.717, 1.165) is 44.1 Å². The second-order valence-electron chi connectivity index (χ2n) is 5.52. The summed E-state index contributed by atoms with van der Waals surface area (Å²) < 4.78 is 28.3. The van der Waals surface area contributed by atoms with Gasteiger partial charge < -0.3 is 5.32 Å². The van der Waals surface area contributed by atoms with Gasteiger partial charge in [-0.25, -0.2) is 13.5 Å². The number of piperidine rings is 1. The van der Waals surface area contributed by atoms with E-state index in [-0.39, 0.29) is 17.4 Å². The van der Waals surface area contributed by atoms with Crippen molar-refractivity contribution < 1.29 is 13.6 Å². The average Bonchev–Trinajstić information content (AvgIpc) is 2.91. The van der Waals surface area contributed by atoms with Crippen LogP contribution in [0.25, 0.3) is 0 Å². The third kappa shape index (κ3) is 3.37. The van der Waals surface area contributed by atoms with E-state index in [1.165, 1.54) is 4.68 Å². The van der Waals surface area contributed by atoms with Crippen molar-refractivity contribution in [2.24, 2.45) is 7.05 Å². The lowest BCUT2D eigenvalue weighted by Crippen LogP contribution is -2.27. The van der Waals surface area contributed by atoms with E-state index < -0.39 is 17.5 Å². The summed E-state index contributed by atoms with van der Waals surface area (Å²) in [6, 6.07) is 2.74. The standard InChI is InChI=1S/C15H17F2N5O/c1-22-15(19-13(21-22)9-4-6-18-7-5-9)20-14(23)11-8-10(16)2-3-12(11)17/h2-3,8-9,18H,4-7H2,1H3,(H,19,20,21,23). The molecule has 0 aliphatic carbocycles. The minimum Gasteiger partial charge on any atom is -0.317 e. The van der Waals surface area contributed by atoms with E-state index >= 15 is 0 Å². The largest absolute Gasteiger partial charge is 0.317 e. The van der Waals surface area contributed by atoms with Crippen molar-refractivity contribution in [3.63, 3.8) is 0 Å². The SMILES string of the molecule is Cn1nc(C2CCNCC2)nc1NC(=O)c1cc(F)ccc1F. The predicted molar refractivity (Wildman–Crippen MR) is 80.2 cm³/mol. The van der Waals surface area contributed by atoms with E-state index in [4.69, 9.17) is 0 Å². The first-order chi connectivity index (χ1) is 11.0. The van der Waals surface area contributed by atoms with Crippen molar-refractivity contribution >= 4 is 11.9 Å². The molecule has 0 saturated carbocycles. The van der Waals surface area contributed by atoms with Crippen LogP contribution in [0.5, 0.6) is 0 Å². The van der Waals surface area contributed by atoms with Gasteiger partial charge in [0.15, 0.2) is 5.82 Å². The molecular formula is C15H17F2N5O. The highest BCUT2D eigenvalue weighted by atomic mass is 19.1. The molecule has 6 nitrogen and oxygen atoms in total. The number of hydrogen-bond acceptors (Lipinski definition) is 4. The molecule has 0 atom stereocenters. The molecule has 2 N–H and O–H groups in total. The Morgan fingerprint density at radius 3 is 2.83 bits per heavy atom. The zero-order valence-electron chi connectivity index (χ0n) is 12.6. The van der Waals surface area contributed by atoms with Crippen LogP contribution in [0.2, 0.25) is 0 Å². The Kier molecular flexibility index (Phi) is 4.33. The Morgan fingerprint density at radius 1 is 1.35 bits per heavy atom. The van der Waals surface area contributed by atoms with Crippen LogP contribution in [0.15, 0.2) is 18.2 Å². The molecule has 0 unspecified atom stereocenters. The molecule has 8 heteroatoms. The van der Waals surface area contributed by atoms with Gasteiger partial charge in [0.2, 0.25) is 5.95 Å². The molecule has 23 heavy (non-hydrogen) atoms. The maximum Gasteiger partial charge on any atom is 0.261 e. The Hall–Kier alpha value is -2.35. The highest BCUT2D eigenvalue weighted by Crippen LogP contribution is 2.23. The van der Waals surface area contributed by atoms with Crippen LogP contribution in [0.3, 0.4) is 0 Å². The lowest BCUT2D eigenvalue weighted by molar-refractivity contribution is 0.102. The van der Waals surface area contributed by atoms with Crippen molar-refractivity contribution in [2.75, 3.05) is 18.4 Å². The second kappa shape index (κ2) is 6.41. The van der Waals surface area contributed by atoms with E-state index in [9.17, 15) is 13.6 Å². The maximum absolute atomic E-state index is 13.6. The van der Waals surface area contributed by atoms with Crippen LogP contribution in [0.1, 0.15) is 34.9 Å². The van der Waals surface area contributed by atoms with Crippen molar-refractivity contribution in [3.8, 4) is 0 Å². The van der Waals surface area contributed by atoms with Crippen molar-refractivity contribution in [1.29, 1.82) is 0 Å². The summed E-state index contributed by atoms with van der Waals surface area (Å²) in [6.07, 6.45) is 1.85. The van der Waals surface area contributed by atoms with E-state index in [2.05, 4.69) is 20.7 Å². The number of nitrogens with one attached hydrogen (secondary N) is 2. The number of amides is 1. The fourth-order valence-electron chi connectivity index (χ4n) is 2.61. The molecule has 1 aromatic heterocycles. The molecule has 1 amide bonds. The summed E-state index contributed by atoms with van der Waals surface area (Å²) in [6.45, 7) is 1.80. The van der Waals surface area contributed by atoms with E-state index in [1.807, 2.05) is 0 Å². The number of carbonyl (C=O) groups excluding carboxylic acids is 1. The van der Waals surface area contributed by atoms with Crippen LogP contribution in [0, 0.1) is 11.6 Å². The molecule has 1 aliphatic heterocycles. The molecule has 2 aromatic rings. The van der Waals surface area contributed by atoms with Crippen molar-refractivity contribution in [2.45, 2.75) is 18.8 Å². The van der Waals surface area contributed by atoms with Gasteiger partial charge in [-0.3, -0.25) is 10.1 Å². The van der Waals surface area contributed by atoms with Gasteiger partial charge in [0.1, 0.15) is 11.6 Å². The number of aryl methyl sites for hydroxylation is 1. The highest BCUT2D eigenvalue weighted by Gasteiger charge is 2.22. The van der Waals surface area contributed by atoms with Crippen molar-refractivity contribution in [3.05, 3.63) is 41.2 Å². The summed E-state index contributed by atoms with van der Waals surface area (Å²) in [5.74, 6) is -1.11. The number of nitrogens with zero attached hydrogens (tertiary/aromatic N) is 3. The maximum atomic E-state index is 13.6. The summed E-state index contributed by atoms with van der Waals surface area (Å²) >= 11 is 0. The normalized spacial score (nSPS) is 15.6. The second-order valence-corrected chi connectivity index (χ2v) is 5.52. The number of aromatic nitrogens is 3. The molecule has 0 bridgehead atoms. The Bertz CT molecular complexity index is 725. The molecule has 0 radical (unpaired) electrons. The number of hydrogen-bond donors (Lipinski definition) is 2. The van der Waals surface area contributed by atoms with Crippen LogP contribution < -0.4 is 10.6 Å². The smallest absolute Gasteiger partial charge is 0.261 e. The lowest BCUT2D eigenvalue weighted by atomic mass is 9.98. The minimum absolute atomic E-state index is 0.215. The number of carbonyl (C=O) groups is 1. The predicted octanol–water partition coefficient (Wildman–Crippen LogP) is 1.81. The molecule has 1 aliphatic rings. The van der Waals surface area contributed by atoms with Gasteiger partial charge in [-0.05, 0) is 44.1 Å². The Balaban J connectivity index is 1.78. The Labute approximate surface area is 131 Å². The molecular weight excluding hydrogens is 304 g/mol. The van der Waals surface area contributed by atoms with Crippen LogP contribution in [-0.2, 0) is 7.05 Å². The number of rotatable bonds is 3. The topological polar surface area (TPSA) is 71.8 Å². The summed E-state index contributed by atoms with van der Waals surface area (Å²) in [4.78, 5) is 16.4. The number of halogens is 2. The third-order valence-corrected chi connectivity index (χ3v) is 3.88. The van der Waals surface area contributed by atoms with Gasteiger partial charge in [-0.2, -0.15) is 10.1 Å². The van der Waals surface area contributed by atoms with Gasteiger partial charge in [-0.1, -0.05) is 0 Å². The summed E-state index contributed by atoms with van der Waals surface area (Å²) in [5.41, 5.74) is -0.364. The van der Waals surface area contributed by atoms with Crippen molar-refractivity contribution in [1.82, 2.24) is 20.1 Å². The lowest BCUT2D eigenvalue weighted by Gasteiger charge is -2.19. The zero-order valence-corrected chi connectivity index (χ0v) is 12.6. The van der Waals surface area contributed by atoms with Gasteiger partial charge in [0.25, 0.3) is 5.91 Å². The van der Waals surface area contributed by atoms with E-state index in [0.29, 0.717) is 5.82 Å². The zero-order chi connectivity index (χ0) is 16.4. The monoisotopic (exact) mass is 321 g/mol. The molecule has 1 saturated heterocycles. The molecule has 1 fully saturated rings. The quantitative estimate of drug-likeness (QED) is 0.904. The fraction of sp³-hybridized carbons (Fsp3) is 0.400. The average molecular weight is 321 g/mol. The highest BCUT2D eigenvalue weighted by molar-refractivity contribution is 6.03. The third-order valence-electron chi connectivity index (χ3n) is 3.88. The first-order valence-electron chi connectivity index (χ1n) is 7.42. The summed E-state index contributed by atoms with van der Waals surface area (Å²) in [5, 5.41) is 10.1. The Morgan fingerprint density at radius 2 is 2.09 bits per heavy atom. The van der Waals surface area contributed by atoms with Gasteiger partial charge in [-0.15, -0.1) is 0 Å². The van der Waals surface area contributed by atoms with Crippen LogP contribution in [-0.4, -0.2) is 33.8 Å². The number of benzene rings is 1. The summed E-state index contributed by atoms with van der Waals surface area (Å²) in [7, 11) is 1.65. The molecule has 122 valence electrons. The fourth-order valence-corrected chi connectivity index (χ4v) is 2.61. The van der Waals surface area contributed by atoms with E-state index in [1.54, 1.807) is 7.05 Å². The molecule has 3 rings (SSSR count). The minimum atomic E-state index is -0.787. The van der Waals surface area contributed by atoms with Gasteiger partial charge >= 0.3 is 0 Å². The molecule has 1 aromatic carbocycles. The number of anilines is 1. The van der Waals surface area contributed by atoms with Gasteiger partial charge in [0, 0.05) is 13.0 Å². The molecule has 2 heterocycles. The molecule has 0 spiro atoms. The first kappa shape index (κ1) is 15.5. The van der Waals surface area contributed by atoms with Crippen LogP contribution >= 0.6 is 0 Å².